The fourth-order valence-corrected chi connectivity index (χ4v) is 8.05. The van der Waals surface area contributed by atoms with Crippen molar-refractivity contribution < 1.29 is 22.8 Å². The van der Waals surface area contributed by atoms with Gasteiger partial charge < -0.3 is 10.6 Å². The van der Waals surface area contributed by atoms with E-state index in [4.69, 9.17) is 0 Å². The molecule has 4 nitrogen and oxygen atoms in total. The van der Waals surface area contributed by atoms with Crippen molar-refractivity contribution in [3.8, 4) is 0 Å². The van der Waals surface area contributed by atoms with Crippen molar-refractivity contribution in [1.29, 1.82) is 0 Å². The molecule has 1 unspecified atom stereocenters. The van der Waals surface area contributed by atoms with Crippen LogP contribution in [0, 0.1) is 40.4 Å². The van der Waals surface area contributed by atoms with E-state index in [1.165, 1.54) is 13.8 Å². The first kappa shape index (κ1) is 23.9. The van der Waals surface area contributed by atoms with E-state index in [-0.39, 0.29) is 34.6 Å². The van der Waals surface area contributed by atoms with Crippen LogP contribution in [0.25, 0.3) is 0 Å². The molecule has 2 amide bonds. The van der Waals surface area contributed by atoms with E-state index < -0.39 is 17.6 Å². The molecular formula is C25H39F3N2O2. The summed E-state index contributed by atoms with van der Waals surface area (Å²) in [5.74, 6) is -0.385. The largest absolute Gasteiger partial charge is 0.393 e. The van der Waals surface area contributed by atoms with E-state index in [1.54, 1.807) is 0 Å². The number of carbonyl (C=O) groups is 2. The van der Waals surface area contributed by atoms with Gasteiger partial charge in [-0.2, -0.15) is 13.2 Å². The average molecular weight is 457 g/mol. The van der Waals surface area contributed by atoms with Crippen molar-refractivity contribution in [3.05, 3.63) is 0 Å². The van der Waals surface area contributed by atoms with E-state index in [1.807, 2.05) is 0 Å². The molecule has 0 aromatic heterocycles. The molecule has 2 N–H and O–H groups in total. The topological polar surface area (TPSA) is 58.2 Å². The van der Waals surface area contributed by atoms with Gasteiger partial charge in [0.15, 0.2) is 0 Å². The second kappa shape index (κ2) is 7.63. The van der Waals surface area contributed by atoms with Gasteiger partial charge in [-0.05, 0) is 87.4 Å². The minimum absolute atomic E-state index is 0.114. The smallest absolute Gasteiger partial charge is 0.353 e. The van der Waals surface area contributed by atoms with Gasteiger partial charge in [-0.25, -0.2) is 0 Å². The van der Waals surface area contributed by atoms with E-state index >= 15 is 0 Å². The van der Waals surface area contributed by atoms with Crippen molar-refractivity contribution in [2.24, 2.45) is 40.4 Å². The van der Waals surface area contributed by atoms with Gasteiger partial charge >= 0.3 is 6.18 Å². The normalized spacial score (nSPS) is 42.9. The third kappa shape index (κ3) is 3.66. The van der Waals surface area contributed by atoms with Crippen LogP contribution in [0.3, 0.4) is 0 Å². The third-order valence-electron chi connectivity index (χ3n) is 10.4. The molecule has 7 heteroatoms. The number of fused-ring (bicyclic) bond motifs is 5. The fraction of sp³-hybridized carbons (Fsp3) is 0.920. The molecule has 4 fully saturated rings. The molecule has 0 spiro atoms. The lowest BCUT2D eigenvalue weighted by Gasteiger charge is -2.60. The minimum Gasteiger partial charge on any atom is -0.353 e. The maximum Gasteiger partial charge on any atom is 0.393 e. The summed E-state index contributed by atoms with van der Waals surface area (Å²) in [7, 11) is 0. The molecule has 0 radical (unpaired) electrons. The maximum atomic E-state index is 13.3. The van der Waals surface area contributed by atoms with Gasteiger partial charge in [0.1, 0.15) is 0 Å². The molecule has 1 saturated heterocycles. The SMILES string of the molecule is CC(C(F)(F)F)C(C)(C)NC(=O)[C@H]1CC[C@H]2[C@@H]3CC[C@H]4NC(=O)CC[C@]4(C)[C@H]3CC[C@]12C. The summed E-state index contributed by atoms with van der Waals surface area (Å²) in [4.78, 5) is 25.3. The molecule has 4 rings (SSSR count). The van der Waals surface area contributed by atoms with Crippen LogP contribution < -0.4 is 10.6 Å². The molecule has 0 bridgehead atoms. The Bertz CT molecular complexity index is 782. The first-order chi connectivity index (χ1) is 14.7. The number of nitrogens with one attached hydrogen (secondary N) is 2. The predicted molar refractivity (Wildman–Crippen MR) is 116 cm³/mol. The molecule has 8 atom stereocenters. The van der Waals surface area contributed by atoms with E-state index in [9.17, 15) is 22.8 Å². The molecular weight excluding hydrogens is 417 g/mol. The Balaban J connectivity index is 1.51. The van der Waals surface area contributed by atoms with Crippen LogP contribution in [0.5, 0.6) is 0 Å². The highest BCUT2D eigenvalue weighted by molar-refractivity contribution is 5.81. The van der Waals surface area contributed by atoms with Gasteiger partial charge in [0.2, 0.25) is 11.8 Å². The molecule has 4 aliphatic rings. The Labute approximate surface area is 189 Å². The zero-order valence-corrected chi connectivity index (χ0v) is 20.1. The summed E-state index contributed by atoms with van der Waals surface area (Å²) in [5.41, 5.74) is -1.39. The number of piperidine rings is 1. The standard InChI is InChI=1S/C25H39F3N2O2/c1-14(25(26,27)28)22(2,3)30-21(32)18-8-7-16-15-6-9-19-24(5,13-11-20(31)29-19)17(15)10-12-23(16,18)4/h14-19H,6-13H2,1-5H3,(H,29,31)(H,30,32)/t14?,15-,16-,17-,18+,19+,23-,24+/m0/s1. The molecule has 1 heterocycles. The van der Waals surface area contributed by atoms with Gasteiger partial charge in [-0.1, -0.05) is 20.8 Å². The first-order valence-electron chi connectivity index (χ1n) is 12.4. The van der Waals surface area contributed by atoms with Crippen molar-refractivity contribution in [2.75, 3.05) is 0 Å². The van der Waals surface area contributed by atoms with Crippen LogP contribution in [-0.2, 0) is 9.59 Å². The number of hydrogen-bond acceptors (Lipinski definition) is 2. The van der Waals surface area contributed by atoms with Crippen LogP contribution in [0.2, 0.25) is 0 Å². The highest BCUT2D eigenvalue weighted by Gasteiger charge is 2.61. The lowest BCUT2D eigenvalue weighted by molar-refractivity contribution is -0.188. The number of hydrogen-bond donors (Lipinski definition) is 2. The zero-order chi connectivity index (χ0) is 23.7. The van der Waals surface area contributed by atoms with Gasteiger partial charge in [0.25, 0.3) is 0 Å². The highest BCUT2D eigenvalue weighted by Crippen LogP contribution is 2.65. The van der Waals surface area contributed by atoms with Crippen LogP contribution in [0.15, 0.2) is 0 Å². The molecule has 0 aromatic rings. The summed E-state index contributed by atoms with van der Waals surface area (Å²) in [5, 5.41) is 6.03. The van der Waals surface area contributed by atoms with E-state index in [2.05, 4.69) is 24.5 Å². The molecule has 1 aliphatic heterocycles. The molecule has 182 valence electrons. The summed E-state index contributed by atoms with van der Waals surface area (Å²) in [6.07, 6.45) is 2.92. The highest BCUT2D eigenvalue weighted by atomic mass is 19.4. The number of alkyl halides is 3. The monoisotopic (exact) mass is 456 g/mol. The number of amides is 2. The summed E-state index contributed by atoms with van der Waals surface area (Å²) in [6, 6.07) is 0.250. The van der Waals surface area contributed by atoms with Gasteiger partial charge in [-0.3, -0.25) is 9.59 Å². The fourth-order valence-electron chi connectivity index (χ4n) is 8.05. The molecule has 0 aromatic carbocycles. The molecule has 32 heavy (non-hydrogen) atoms. The van der Waals surface area contributed by atoms with Crippen LogP contribution >= 0.6 is 0 Å². The van der Waals surface area contributed by atoms with Crippen LogP contribution in [-0.4, -0.2) is 29.6 Å². The number of carbonyl (C=O) groups excluding carboxylic acids is 2. The van der Waals surface area contributed by atoms with E-state index in [0.717, 1.165) is 51.9 Å². The second-order valence-corrected chi connectivity index (χ2v) is 12.2. The molecule has 3 aliphatic carbocycles. The van der Waals surface area contributed by atoms with Crippen molar-refractivity contribution >= 4 is 11.8 Å². The van der Waals surface area contributed by atoms with Crippen LogP contribution in [0.1, 0.15) is 86.0 Å². The number of rotatable bonds is 3. The Hall–Kier alpha value is -1.27. The second-order valence-electron chi connectivity index (χ2n) is 12.2. The summed E-state index contributed by atoms with van der Waals surface area (Å²) in [6.45, 7) is 8.66. The quantitative estimate of drug-likeness (QED) is 0.612. The third-order valence-corrected chi connectivity index (χ3v) is 10.4. The lowest BCUT2D eigenvalue weighted by atomic mass is 9.47. The summed E-state index contributed by atoms with van der Waals surface area (Å²) < 4.78 is 40.0. The Kier molecular flexibility index (Phi) is 5.69. The van der Waals surface area contributed by atoms with Gasteiger partial charge in [0, 0.05) is 23.9 Å². The average Bonchev–Trinajstić information content (AvgIpc) is 3.04. The predicted octanol–water partition coefficient (Wildman–Crippen LogP) is 5.22. The Morgan fingerprint density at radius 1 is 1.03 bits per heavy atom. The minimum atomic E-state index is -4.35. The lowest BCUT2D eigenvalue weighted by Crippen LogP contribution is -2.61. The van der Waals surface area contributed by atoms with Gasteiger partial charge in [-0.15, -0.1) is 0 Å². The Morgan fingerprint density at radius 2 is 1.69 bits per heavy atom. The Morgan fingerprint density at radius 3 is 2.34 bits per heavy atom. The summed E-state index contributed by atoms with van der Waals surface area (Å²) >= 11 is 0. The zero-order valence-electron chi connectivity index (χ0n) is 20.1. The van der Waals surface area contributed by atoms with Gasteiger partial charge in [0.05, 0.1) is 5.92 Å². The van der Waals surface area contributed by atoms with E-state index in [0.29, 0.717) is 24.2 Å². The van der Waals surface area contributed by atoms with Crippen molar-refractivity contribution in [3.63, 3.8) is 0 Å². The van der Waals surface area contributed by atoms with Crippen molar-refractivity contribution in [1.82, 2.24) is 10.6 Å². The van der Waals surface area contributed by atoms with Crippen LogP contribution in [0.4, 0.5) is 13.2 Å². The maximum absolute atomic E-state index is 13.3. The first-order valence-corrected chi connectivity index (χ1v) is 12.4. The number of halogens is 3. The molecule has 3 saturated carbocycles. The van der Waals surface area contributed by atoms with Crippen molar-refractivity contribution in [2.45, 2.75) is 104 Å².